The van der Waals surface area contributed by atoms with Crippen molar-refractivity contribution in [3.63, 3.8) is 0 Å². The highest BCUT2D eigenvalue weighted by molar-refractivity contribution is 5.95. The standard InChI is InChI=1S/C38H48O7/c1-26(18-19-32-34(3,4)24-31(43-27(2)39)25-36(32,7)42)15-11-9-10-12-17-30-21-28(33(41)44-30)16-13-14-20-38-35(5,6)22-29(40)23-37(38,8)45-38/h9-18,20-21,29,31,40,42H,22-25H2,1-8H3/b11-9+,12-10+,16-13+,20-14+,26-15+,30-17+/t19?,29-,31-,36+,37+,38-/m0/s1. The van der Waals surface area contributed by atoms with Gasteiger partial charge in [-0.05, 0) is 75.0 Å². The van der Waals surface area contributed by atoms with E-state index in [1.54, 1.807) is 31.2 Å². The molecule has 0 bridgehead atoms. The molecule has 2 aliphatic carbocycles. The number of cyclic esters (lactones) is 1. The number of aliphatic hydroxyl groups is 2. The van der Waals surface area contributed by atoms with E-state index >= 15 is 0 Å². The minimum atomic E-state index is -1.12. The monoisotopic (exact) mass is 616 g/mol. The van der Waals surface area contributed by atoms with Crippen molar-refractivity contribution in [1.82, 2.24) is 0 Å². The fraction of sp³-hybridized carbons (Fsp3) is 0.500. The molecule has 0 aromatic heterocycles. The van der Waals surface area contributed by atoms with Crippen LogP contribution in [0.1, 0.15) is 81.1 Å². The summed E-state index contributed by atoms with van der Waals surface area (Å²) in [6, 6.07) is 0. The van der Waals surface area contributed by atoms with E-state index in [2.05, 4.69) is 19.6 Å². The van der Waals surface area contributed by atoms with Gasteiger partial charge in [0.25, 0.3) is 0 Å². The van der Waals surface area contributed by atoms with Crippen molar-refractivity contribution in [3.05, 3.63) is 101 Å². The van der Waals surface area contributed by atoms with Crippen LogP contribution in [-0.2, 0) is 23.8 Å². The number of hydrogen-bond acceptors (Lipinski definition) is 7. The van der Waals surface area contributed by atoms with Crippen molar-refractivity contribution < 1.29 is 34.0 Å². The summed E-state index contributed by atoms with van der Waals surface area (Å²) in [6.07, 6.45) is 23.7. The first-order valence-corrected chi connectivity index (χ1v) is 15.7. The predicted molar refractivity (Wildman–Crippen MR) is 175 cm³/mol. The molecule has 0 aromatic carbocycles. The minimum Gasteiger partial charge on any atom is -0.462 e. The lowest BCUT2D eigenvalue weighted by atomic mass is 9.63. The number of carbonyl (C=O) groups excluding carboxylic acids is 2. The highest BCUT2D eigenvalue weighted by Gasteiger charge is 2.74. The third kappa shape index (κ3) is 7.67. The van der Waals surface area contributed by atoms with E-state index < -0.39 is 17.2 Å². The molecule has 0 spiro atoms. The molecule has 0 unspecified atom stereocenters. The summed E-state index contributed by atoms with van der Waals surface area (Å²) >= 11 is 0. The summed E-state index contributed by atoms with van der Waals surface area (Å²) in [7, 11) is 0. The number of esters is 2. The van der Waals surface area contributed by atoms with Crippen molar-refractivity contribution in [1.29, 1.82) is 0 Å². The third-order valence-corrected chi connectivity index (χ3v) is 9.28. The first-order chi connectivity index (χ1) is 20.9. The van der Waals surface area contributed by atoms with Crippen molar-refractivity contribution >= 4 is 11.9 Å². The molecule has 4 rings (SSSR count). The normalized spacial score (nSPS) is 35.2. The number of aliphatic hydroxyl groups excluding tert-OH is 1. The van der Waals surface area contributed by atoms with Crippen LogP contribution in [0.5, 0.6) is 0 Å². The number of epoxide rings is 1. The second-order valence-corrected chi connectivity index (χ2v) is 14.4. The fourth-order valence-corrected chi connectivity index (χ4v) is 7.44. The molecule has 0 radical (unpaired) electrons. The lowest BCUT2D eigenvalue weighted by Crippen LogP contribution is -2.46. The maximum Gasteiger partial charge on any atom is 0.343 e. The molecule has 45 heavy (non-hydrogen) atoms. The Bertz CT molecular complexity index is 1460. The van der Waals surface area contributed by atoms with E-state index in [-0.39, 0.29) is 34.6 Å². The van der Waals surface area contributed by atoms with Gasteiger partial charge in [0.05, 0.1) is 17.3 Å². The van der Waals surface area contributed by atoms with Crippen LogP contribution in [-0.4, -0.2) is 51.2 Å². The van der Waals surface area contributed by atoms with Crippen LogP contribution in [0.25, 0.3) is 0 Å². The molecule has 5 atom stereocenters. The molecule has 2 aliphatic heterocycles. The lowest BCUT2D eigenvalue weighted by molar-refractivity contribution is -0.152. The third-order valence-electron chi connectivity index (χ3n) is 9.28. The smallest absolute Gasteiger partial charge is 0.343 e. The molecule has 2 N–H and O–H groups in total. The zero-order chi connectivity index (χ0) is 33.3. The van der Waals surface area contributed by atoms with Gasteiger partial charge in [0.1, 0.15) is 23.1 Å². The van der Waals surface area contributed by atoms with Crippen molar-refractivity contribution in [2.24, 2.45) is 10.8 Å². The van der Waals surface area contributed by atoms with Crippen LogP contribution >= 0.6 is 0 Å². The van der Waals surface area contributed by atoms with Gasteiger partial charge in [0.15, 0.2) is 0 Å². The average molecular weight is 617 g/mol. The highest BCUT2D eigenvalue weighted by atomic mass is 16.6. The largest absolute Gasteiger partial charge is 0.462 e. The lowest BCUT2D eigenvalue weighted by Gasteiger charge is -2.44. The molecule has 2 heterocycles. The van der Waals surface area contributed by atoms with Gasteiger partial charge in [0, 0.05) is 30.8 Å². The molecular weight excluding hydrogens is 568 g/mol. The molecule has 7 heteroatoms. The van der Waals surface area contributed by atoms with Crippen molar-refractivity contribution in [2.45, 2.75) is 110 Å². The van der Waals surface area contributed by atoms with Crippen molar-refractivity contribution in [2.75, 3.05) is 0 Å². The fourth-order valence-electron chi connectivity index (χ4n) is 7.44. The molecule has 7 nitrogen and oxygen atoms in total. The van der Waals surface area contributed by atoms with Crippen LogP contribution in [0, 0.1) is 10.8 Å². The van der Waals surface area contributed by atoms with Gasteiger partial charge in [-0.3, -0.25) is 4.79 Å². The van der Waals surface area contributed by atoms with Gasteiger partial charge in [-0.25, -0.2) is 4.79 Å². The summed E-state index contributed by atoms with van der Waals surface area (Å²) in [5.41, 5.74) is 3.05. The van der Waals surface area contributed by atoms with E-state index in [1.807, 2.05) is 76.3 Å². The number of carbonyl (C=O) groups is 2. The van der Waals surface area contributed by atoms with E-state index in [0.717, 1.165) is 11.1 Å². The predicted octanol–water partition coefficient (Wildman–Crippen LogP) is 6.82. The Balaban J connectivity index is 1.33. The average Bonchev–Trinajstić information content (AvgIpc) is 3.35. The number of rotatable bonds is 8. The van der Waals surface area contributed by atoms with Gasteiger partial charge in [-0.15, -0.1) is 5.73 Å². The molecule has 4 aliphatic rings. The maximum atomic E-state index is 12.3. The summed E-state index contributed by atoms with van der Waals surface area (Å²) in [5, 5.41) is 21.3. The Morgan fingerprint density at radius 3 is 2.36 bits per heavy atom. The Hall–Kier alpha value is -3.48. The summed E-state index contributed by atoms with van der Waals surface area (Å²) in [5.74, 6) is -0.273. The van der Waals surface area contributed by atoms with Crippen LogP contribution < -0.4 is 0 Å². The quantitative estimate of drug-likeness (QED) is 0.133. The van der Waals surface area contributed by atoms with E-state index in [4.69, 9.17) is 14.2 Å². The Kier molecular flexibility index (Phi) is 9.73. The Morgan fingerprint density at radius 1 is 0.978 bits per heavy atom. The van der Waals surface area contributed by atoms with Gasteiger partial charge in [-0.1, -0.05) is 70.2 Å². The Morgan fingerprint density at radius 2 is 1.69 bits per heavy atom. The second-order valence-electron chi connectivity index (χ2n) is 14.4. The maximum absolute atomic E-state index is 12.3. The van der Waals surface area contributed by atoms with Gasteiger partial charge in [-0.2, -0.15) is 0 Å². The molecule has 242 valence electrons. The molecule has 0 amide bonds. The van der Waals surface area contributed by atoms with E-state index in [0.29, 0.717) is 37.0 Å². The Labute approximate surface area is 267 Å². The van der Waals surface area contributed by atoms with Crippen LogP contribution in [0.15, 0.2) is 101 Å². The summed E-state index contributed by atoms with van der Waals surface area (Å²) in [4.78, 5) is 23.7. The summed E-state index contributed by atoms with van der Waals surface area (Å²) < 4.78 is 16.9. The van der Waals surface area contributed by atoms with Crippen LogP contribution in [0.4, 0.5) is 0 Å². The second kappa shape index (κ2) is 12.7. The molecule has 2 saturated carbocycles. The van der Waals surface area contributed by atoms with Crippen LogP contribution in [0.2, 0.25) is 0 Å². The number of allylic oxidation sites excluding steroid dienone is 10. The number of ether oxygens (including phenoxy) is 3. The van der Waals surface area contributed by atoms with Gasteiger partial charge in [0.2, 0.25) is 0 Å². The van der Waals surface area contributed by atoms with Gasteiger partial charge < -0.3 is 24.4 Å². The van der Waals surface area contributed by atoms with E-state index in [1.165, 1.54) is 6.92 Å². The molecule has 1 saturated heterocycles. The van der Waals surface area contributed by atoms with Crippen LogP contribution in [0.3, 0.4) is 0 Å². The SMILES string of the molecule is CC(=O)O[C@H]1CC(C)(C)C(=C=C/C(C)=C/C=C/C=C/C=C2C=C(/C=C/C=C/[C@@]34O[C@]3(C)C[C@@H](O)CC4(C)C)C(=O)O\2)[C@](C)(O)C1. The summed E-state index contributed by atoms with van der Waals surface area (Å²) in [6.45, 7) is 15.4. The molecular formula is C38H48O7. The minimum absolute atomic E-state index is 0.193. The first kappa shape index (κ1) is 34.4. The van der Waals surface area contributed by atoms with Gasteiger partial charge >= 0.3 is 11.9 Å². The zero-order valence-corrected chi connectivity index (χ0v) is 27.8. The first-order valence-electron chi connectivity index (χ1n) is 15.7. The van der Waals surface area contributed by atoms with Crippen molar-refractivity contribution in [3.8, 4) is 0 Å². The van der Waals surface area contributed by atoms with E-state index in [9.17, 15) is 19.8 Å². The topological polar surface area (TPSA) is 106 Å². The highest BCUT2D eigenvalue weighted by Crippen LogP contribution is 2.66. The number of hydrogen-bond donors (Lipinski definition) is 2. The molecule has 3 fully saturated rings. The zero-order valence-electron chi connectivity index (χ0n) is 27.8. The number of fused-ring (bicyclic) bond motifs is 1. The molecule has 0 aromatic rings.